The third-order valence-corrected chi connectivity index (χ3v) is 16.4. The molecule has 77 heavy (non-hydrogen) atoms. The first-order chi connectivity index (χ1) is 37.1. The van der Waals surface area contributed by atoms with Crippen LogP contribution in [-0.2, 0) is 17.4 Å². The van der Waals surface area contributed by atoms with Crippen LogP contribution in [0.2, 0.25) is 0 Å². The summed E-state index contributed by atoms with van der Waals surface area (Å²) in [5.74, 6) is -0.0391. The van der Waals surface area contributed by atoms with Crippen molar-refractivity contribution in [2.24, 2.45) is 0 Å². The van der Waals surface area contributed by atoms with Gasteiger partial charge in [0.25, 0.3) is 23.6 Å². The number of imide groups is 2. The predicted molar refractivity (Wildman–Crippen MR) is 318 cm³/mol. The van der Waals surface area contributed by atoms with E-state index >= 15 is 0 Å². The molecule has 0 bridgehead atoms. The van der Waals surface area contributed by atoms with Gasteiger partial charge in [-0.2, -0.15) is 0 Å². The molecule has 0 aliphatic carbocycles. The van der Waals surface area contributed by atoms with E-state index in [1.54, 1.807) is 0 Å². The van der Waals surface area contributed by atoms with E-state index in [9.17, 15) is 19.2 Å². The molecular weight excluding hydrogens is 953 g/mol. The second-order valence-electron chi connectivity index (χ2n) is 24.4. The number of benzene rings is 7. The van der Waals surface area contributed by atoms with E-state index < -0.39 is 0 Å². The lowest BCUT2D eigenvalue weighted by Gasteiger charge is -2.34. The minimum absolute atomic E-state index is 0.0662. The van der Waals surface area contributed by atoms with Crippen LogP contribution in [0.5, 0.6) is 11.5 Å². The number of amides is 4. The fourth-order valence-corrected chi connectivity index (χ4v) is 12.1. The molecule has 0 saturated carbocycles. The summed E-state index contributed by atoms with van der Waals surface area (Å²) in [5.41, 5.74) is 4.67. The minimum atomic E-state index is -0.354. The SMILES string of the molecule is CCCCCCCCCCCCOc1cc(CN2C(=O)c3ccc4c5ccc6c7c(ccc(c8ccc(c3c48)C2=O)c75)C(=O)N(c2cc(C(C)(C)C)ccc2C(C)(C)C)C6=O)cc(OCCCCCCCCCCCC)c1. The molecule has 0 fully saturated rings. The van der Waals surface area contributed by atoms with Crippen LogP contribution in [0.25, 0.3) is 43.1 Å². The van der Waals surface area contributed by atoms with E-state index in [4.69, 9.17) is 9.47 Å². The fourth-order valence-electron chi connectivity index (χ4n) is 12.1. The highest BCUT2D eigenvalue weighted by Crippen LogP contribution is 2.48. The van der Waals surface area contributed by atoms with Gasteiger partial charge in [-0.25, -0.2) is 4.90 Å². The average Bonchev–Trinajstić information content (AvgIpc) is 3.48. The highest BCUT2D eigenvalue weighted by atomic mass is 16.5. The topological polar surface area (TPSA) is 93.2 Å². The number of fused-ring (bicyclic) bond motifs is 2. The number of hydrogen-bond acceptors (Lipinski definition) is 6. The van der Waals surface area contributed by atoms with Gasteiger partial charge in [0.1, 0.15) is 11.5 Å². The zero-order valence-electron chi connectivity index (χ0n) is 47.7. The van der Waals surface area contributed by atoms with Crippen molar-refractivity contribution >= 4 is 72.4 Å². The largest absolute Gasteiger partial charge is 0.493 e. The molecule has 2 aliphatic heterocycles. The van der Waals surface area contributed by atoms with Crippen molar-refractivity contribution in [3.8, 4) is 11.5 Å². The van der Waals surface area contributed by atoms with Gasteiger partial charge < -0.3 is 9.47 Å². The Hall–Kier alpha value is -6.28. The lowest BCUT2D eigenvalue weighted by Crippen LogP contribution is -2.42. The first kappa shape index (κ1) is 55.5. The number of anilines is 1. The molecule has 0 saturated heterocycles. The summed E-state index contributed by atoms with van der Waals surface area (Å²) in [6.07, 6.45) is 24.9. The Kier molecular flexibility index (Phi) is 17.4. The van der Waals surface area contributed by atoms with Gasteiger partial charge in [0, 0.05) is 39.1 Å². The molecule has 7 aromatic rings. The van der Waals surface area contributed by atoms with Crippen LogP contribution in [0.15, 0.2) is 84.9 Å². The van der Waals surface area contributed by atoms with E-state index in [1.807, 2.05) is 72.8 Å². The van der Waals surface area contributed by atoms with Gasteiger partial charge in [0.2, 0.25) is 0 Å². The monoisotopic (exact) mass is 1040 g/mol. The van der Waals surface area contributed by atoms with Crippen LogP contribution < -0.4 is 14.4 Å². The van der Waals surface area contributed by atoms with E-state index in [0.29, 0.717) is 63.4 Å². The minimum Gasteiger partial charge on any atom is -0.493 e. The molecule has 9 rings (SSSR count). The number of carbonyl (C=O) groups excluding carboxylic acids is 4. The smallest absolute Gasteiger partial charge is 0.265 e. The summed E-state index contributed by atoms with van der Waals surface area (Å²) in [6.45, 7) is 18.5. The van der Waals surface area contributed by atoms with Crippen LogP contribution in [0.4, 0.5) is 5.69 Å². The number of rotatable bonds is 27. The first-order valence-corrected chi connectivity index (χ1v) is 29.6. The second kappa shape index (κ2) is 24.2. The molecule has 0 radical (unpaired) electrons. The molecule has 0 unspecified atom stereocenters. The molecular formula is C69H84N2O6. The molecule has 7 aromatic carbocycles. The Morgan fingerprint density at radius 3 is 1.14 bits per heavy atom. The van der Waals surface area contributed by atoms with Crippen molar-refractivity contribution in [2.75, 3.05) is 18.1 Å². The summed E-state index contributed by atoms with van der Waals surface area (Å²) < 4.78 is 12.8. The Bertz CT molecular complexity index is 3120. The lowest BCUT2D eigenvalue weighted by atomic mass is 9.79. The van der Waals surface area contributed by atoms with E-state index in [0.717, 1.165) is 74.7 Å². The standard InChI is InChI=1S/C69H84N2O6/c1-9-11-13-15-17-19-21-23-25-27-39-76-48-41-46(42-49(44-48)77-40-28-26-24-22-20-18-16-14-12-10-2)45-70-64(72)54-34-30-50-52-32-36-56-63-57(37-33-53(61(52)63)51-31-35-55(65(70)73)62(54)60(50)51)67(75)71(66(56)74)59-43-47(68(3,4)5)29-38-58(59)69(6,7)8/h29-38,41-44H,9-28,39-40,45H2,1-8H3. The van der Waals surface area contributed by atoms with Crippen molar-refractivity contribution < 1.29 is 28.7 Å². The van der Waals surface area contributed by atoms with E-state index in [-0.39, 0.29) is 41.0 Å². The maximum atomic E-state index is 14.9. The maximum absolute atomic E-state index is 14.9. The van der Waals surface area contributed by atoms with Gasteiger partial charge in [-0.05, 0) is 115 Å². The Labute approximate surface area is 458 Å². The van der Waals surface area contributed by atoms with Crippen LogP contribution in [-0.4, -0.2) is 41.7 Å². The van der Waals surface area contributed by atoms with Gasteiger partial charge in [-0.3, -0.25) is 24.1 Å². The second-order valence-corrected chi connectivity index (χ2v) is 24.4. The molecule has 0 atom stereocenters. The fraction of sp³-hybridized carbons (Fsp3) is 0.478. The van der Waals surface area contributed by atoms with Crippen molar-refractivity contribution in [2.45, 2.75) is 201 Å². The van der Waals surface area contributed by atoms with Crippen molar-refractivity contribution in [1.82, 2.24) is 4.90 Å². The third-order valence-electron chi connectivity index (χ3n) is 16.4. The molecule has 0 aromatic heterocycles. The van der Waals surface area contributed by atoms with Crippen molar-refractivity contribution in [1.29, 1.82) is 0 Å². The van der Waals surface area contributed by atoms with Crippen LogP contribution >= 0.6 is 0 Å². The van der Waals surface area contributed by atoms with Gasteiger partial charge in [0.15, 0.2) is 0 Å². The van der Waals surface area contributed by atoms with Gasteiger partial charge in [-0.1, -0.05) is 207 Å². The van der Waals surface area contributed by atoms with Crippen LogP contribution in [0.3, 0.4) is 0 Å². The molecule has 4 amide bonds. The number of carbonyl (C=O) groups is 4. The number of hydrogen-bond donors (Lipinski definition) is 0. The molecule has 2 aliphatic rings. The first-order valence-electron chi connectivity index (χ1n) is 29.6. The van der Waals surface area contributed by atoms with Crippen molar-refractivity contribution in [3.05, 3.63) is 124 Å². The van der Waals surface area contributed by atoms with Crippen LogP contribution in [0.1, 0.15) is 242 Å². The highest BCUT2D eigenvalue weighted by Gasteiger charge is 2.39. The van der Waals surface area contributed by atoms with Gasteiger partial charge >= 0.3 is 0 Å². The molecule has 8 nitrogen and oxygen atoms in total. The normalized spacial score (nSPS) is 13.9. The predicted octanol–water partition coefficient (Wildman–Crippen LogP) is 18.5. The molecule has 8 heteroatoms. The lowest BCUT2D eigenvalue weighted by molar-refractivity contribution is 0.0597. The molecule has 0 spiro atoms. The quantitative estimate of drug-likeness (QED) is 0.0220. The third kappa shape index (κ3) is 11.8. The summed E-state index contributed by atoms with van der Waals surface area (Å²) in [5, 5.41) is 6.35. The van der Waals surface area contributed by atoms with Gasteiger partial charge in [0.05, 0.1) is 25.4 Å². The maximum Gasteiger partial charge on any atom is 0.265 e. The number of ether oxygens (including phenoxy) is 2. The molecule has 0 N–H and O–H groups in total. The number of nitrogens with zero attached hydrogens (tertiary/aromatic N) is 2. The average molecular weight is 1040 g/mol. The van der Waals surface area contributed by atoms with E-state index in [2.05, 4.69) is 67.5 Å². The van der Waals surface area contributed by atoms with E-state index in [1.165, 1.54) is 113 Å². The van der Waals surface area contributed by atoms with Crippen molar-refractivity contribution in [3.63, 3.8) is 0 Å². The highest BCUT2D eigenvalue weighted by molar-refractivity contribution is 6.43. The number of unbranched alkanes of at least 4 members (excludes halogenated alkanes) is 18. The summed E-state index contributed by atoms with van der Waals surface area (Å²) >= 11 is 0. The Balaban J connectivity index is 0.968. The summed E-state index contributed by atoms with van der Waals surface area (Å²) in [7, 11) is 0. The molecule has 406 valence electrons. The Morgan fingerprint density at radius 2 is 0.766 bits per heavy atom. The molecule has 2 heterocycles. The van der Waals surface area contributed by atoms with Gasteiger partial charge in [-0.15, -0.1) is 0 Å². The summed E-state index contributed by atoms with van der Waals surface area (Å²) in [6, 6.07) is 27.3. The summed E-state index contributed by atoms with van der Waals surface area (Å²) in [4.78, 5) is 62.1. The zero-order chi connectivity index (χ0) is 54.4. The Morgan fingerprint density at radius 1 is 0.390 bits per heavy atom. The van der Waals surface area contributed by atoms with Crippen LogP contribution in [0, 0.1) is 0 Å². The zero-order valence-corrected chi connectivity index (χ0v) is 47.7.